The van der Waals surface area contributed by atoms with E-state index < -0.39 is 33.1 Å². The lowest BCUT2D eigenvalue weighted by atomic mass is 10.3. The van der Waals surface area contributed by atoms with Crippen molar-refractivity contribution in [3.8, 4) is 0 Å². The molecular weight excluding hydrogens is 372 g/mol. The van der Waals surface area contributed by atoms with E-state index in [9.17, 15) is 22.0 Å². The van der Waals surface area contributed by atoms with Crippen LogP contribution in [0.3, 0.4) is 0 Å². The minimum absolute atomic E-state index is 0.156. The van der Waals surface area contributed by atoms with Crippen molar-refractivity contribution in [3.05, 3.63) is 54.1 Å². The number of amides is 1. The zero-order valence-corrected chi connectivity index (χ0v) is 14.1. The fourth-order valence-electron chi connectivity index (χ4n) is 2.03. The van der Waals surface area contributed by atoms with Crippen LogP contribution in [0, 0.1) is 11.6 Å². The summed E-state index contributed by atoms with van der Waals surface area (Å²) in [5.41, 5.74) is 4.82. The van der Waals surface area contributed by atoms with Crippen LogP contribution in [0.15, 0.2) is 47.4 Å². The number of thiazole rings is 1. The summed E-state index contributed by atoms with van der Waals surface area (Å²) in [7, 11) is -3.91. The Morgan fingerprint density at radius 2 is 1.84 bits per heavy atom. The highest BCUT2D eigenvalue weighted by molar-refractivity contribution is 7.92. The molecule has 0 aliphatic carbocycles. The molecule has 0 aliphatic heterocycles. The van der Waals surface area contributed by atoms with Gasteiger partial charge in [0.15, 0.2) is 9.84 Å². The Labute approximate surface area is 145 Å². The lowest BCUT2D eigenvalue weighted by molar-refractivity contribution is -0.118. The summed E-state index contributed by atoms with van der Waals surface area (Å²) in [6, 6.07) is 8.63. The number of benzene rings is 2. The second-order valence-corrected chi connectivity index (χ2v) is 8.01. The summed E-state index contributed by atoms with van der Waals surface area (Å²) in [4.78, 5) is 15.6. The standard InChI is InChI=1S/C15H11F2N3O3S2/c16-9-4-6-10(7-5-9)25(22,23)8-13(21)19-20-15-18-14-11(17)2-1-3-12(14)24-15/h1-7H,8H2,(H,18,20)(H,19,21). The lowest BCUT2D eigenvalue weighted by Crippen LogP contribution is -2.34. The Balaban J connectivity index is 1.65. The summed E-state index contributed by atoms with van der Waals surface area (Å²) in [5.74, 6) is -2.73. The molecule has 0 saturated heterocycles. The second-order valence-electron chi connectivity index (χ2n) is 4.99. The van der Waals surface area contributed by atoms with Crippen LogP contribution in [0.25, 0.3) is 10.2 Å². The largest absolute Gasteiger partial charge is 0.273 e. The van der Waals surface area contributed by atoms with Gasteiger partial charge in [-0.3, -0.25) is 15.6 Å². The molecule has 6 nitrogen and oxygen atoms in total. The maximum absolute atomic E-state index is 13.6. The molecule has 2 aromatic carbocycles. The number of halogens is 2. The van der Waals surface area contributed by atoms with Gasteiger partial charge in [-0.25, -0.2) is 22.2 Å². The van der Waals surface area contributed by atoms with Gasteiger partial charge in [-0.05, 0) is 36.4 Å². The van der Waals surface area contributed by atoms with E-state index in [-0.39, 0.29) is 15.5 Å². The van der Waals surface area contributed by atoms with Crippen molar-refractivity contribution < 1.29 is 22.0 Å². The van der Waals surface area contributed by atoms with E-state index >= 15 is 0 Å². The molecule has 0 fully saturated rings. The number of carbonyl (C=O) groups excluding carboxylic acids is 1. The first-order chi connectivity index (χ1) is 11.8. The fraction of sp³-hybridized carbons (Fsp3) is 0.0667. The number of fused-ring (bicyclic) bond motifs is 1. The molecule has 2 N–H and O–H groups in total. The van der Waals surface area contributed by atoms with Crippen molar-refractivity contribution in [2.24, 2.45) is 0 Å². The molecule has 0 radical (unpaired) electrons. The molecule has 130 valence electrons. The number of nitrogens with one attached hydrogen (secondary N) is 2. The van der Waals surface area contributed by atoms with Crippen LogP contribution in [0.5, 0.6) is 0 Å². The predicted molar refractivity (Wildman–Crippen MR) is 89.8 cm³/mol. The Hall–Kier alpha value is -2.59. The number of aromatic nitrogens is 1. The van der Waals surface area contributed by atoms with Crippen LogP contribution in [0.1, 0.15) is 0 Å². The molecule has 10 heteroatoms. The van der Waals surface area contributed by atoms with Gasteiger partial charge in [0.1, 0.15) is 22.9 Å². The lowest BCUT2D eigenvalue weighted by Gasteiger charge is -2.06. The van der Waals surface area contributed by atoms with Gasteiger partial charge in [-0.15, -0.1) is 0 Å². The molecule has 1 aromatic heterocycles. The number of sulfone groups is 1. The van der Waals surface area contributed by atoms with Crippen LogP contribution in [-0.2, 0) is 14.6 Å². The summed E-state index contributed by atoms with van der Waals surface area (Å²) in [5, 5.41) is 0.215. The Morgan fingerprint density at radius 1 is 1.12 bits per heavy atom. The van der Waals surface area contributed by atoms with E-state index in [0.717, 1.165) is 35.6 Å². The van der Waals surface area contributed by atoms with E-state index in [4.69, 9.17) is 0 Å². The van der Waals surface area contributed by atoms with E-state index in [0.29, 0.717) is 4.70 Å². The van der Waals surface area contributed by atoms with E-state index in [1.165, 1.54) is 12.1 Å². The topological polar surface area (TPSA) is 88.2 Å². The number of carbonyl (C=O) groups is 1. The molecule has 1 amide bonds. The smallest absolute Gasteiger partial charge is 0.253 e. The maximum Gasteiger partial charge on any atom is 0.253 e. The van der Waals surface area contributed by atoms with Gasteiger partial charge < -0.3 is 0 Å². The molecule has 0 unspecified atom stereocenters. The van der Waals surface area contributed by atoms with Gasteiger partial charge in [-0.1, -0.05) is 17.4 Å². The van der Waals surface area contributed by atoms with Crippen LogP contribution in [0.4, 0.5) is 13.9 Å². The highest BCUT2D eigenvalue weighted by atomic mass is 32.2. The first kappa shape index (κ1) is 17.2. The van der Waals surface area contributed by atoms with E-state index in [2.05, 4.69) is 15.8 Å². The summed E-state index contributed by atoms with van der Waals surface area (Å²) in [6.45, 7) is 0. The molecule has 25 heavy (non-hydrogen) atoms. The molecule has 0 aliphatic rings. The number of nitrogens with zero attached hydrogens (tertiary/aromatic N) is 1. The number of hydrogen-bond acceptors (Lipinski definition) is 6. The first-order valence-electron chi connectivity index (χ1n) is 6.93. The van der Waals surface area contributed by atoms with Crippen molar-refractivity contribution in [3.63, 3.8) is 0 Å². The van der Waals surface area contributed by atoms with E-state index in [1.807, 2.05) is 0 Å². The Morgan fingerprint density at radius 3 is 2.52 bits per heavy atom. The van der Waals surface area contributed by atoms with E-state index in [1.54, 1.807) is 6.07 Å². The molecule has 0 atom stereocenters. The van der Waals surface area contributed by atoms with Gasteiger partial charge in [0.25, 0.3) is 5.91 Å². The molecule has 0 spiro atoms. The van der Waals surface area contributed by atoms with Gasteiger partial charge in [0.05, 0.1) is 9.60 Å². The van der Waals surface area contributed by atoms with Gasteiger partial charge in [0.2, 0.25) is 5.13 Å². The number of hydrazine groups is 1. The van der Waals surface area contributed by atoms with Crippen molar-refractivity contribution in [2.45, 2.75) is 4.90 Å². The Kier molecular flexibility index (Phi) is 4.64. The highest BCUT2D eigenvalue weighted by Crippen LogP contribution is 2.26. The molecule has 3 rings (SSSR count). The number of anilines is 1. The minimum atomic E-state index is -3.91. The predicted octanol–water partition coefficient (Wildman–Crippen LogP) is 2.49. The number of para-hydroxylation sites is 1. The average molecular weight is 383 g/mol. The highest BCUT2D eigenvalue weighted by Gasteiger charge is 2.19. The van der Waals surface area contributed by atoms with Gasteiger partial charge in [-0.2, -0.15) is 0 Å². The third-order valence-corrected chi connectivity index (χ3v) is 5.74. The molecule has 1 heterocycles. The summed E-state index contributed by atoms with van der Waals surface area (Å²) < 4.78 is 51.1. The van der Waals surface area contributed by atoms with Crippen LogP contribution in [0.2, 0.25) is 0 Å². The molecule has 3 aromatic rings. The number of hydrogen-bond donors (Lipinski definition) is 2. The van der Waals surface area contributed by atoms with Crippen LogP contribution in [-0.4, -0.2) is 25.1 Å². The third kappa shape index (κ3) is 3.91. The number of rotatable bonds is 5. The summed E-state index contributed by atoms with van der Waals surface area (Å²) >= 11 is 1.10. The fourth-order valence-corrected chi connectivity index (χ4v) is 3.99. The van der Waals surface area contributed by atoms with Crippen molar-refractivity contribution in [2.75, 3.05) is 11.2 Å². The summed E-state index contributed by atoms with van der Waals surface area (Å²) in [6.07, 6.45) is 0. The van der Waals surface area contributed by atoms with Crippen LogP contribution < -0.4 is 10.9 Å². The molecular formula is C15H11F2N3O3S2. The third-order valence-electron chi connectivity index (χ3n) is 3.17. The normalized spacial score (nSPS) is 11.4. The Bertz CT molecular complexity index is 1030. The SMILES string of the molecule is O=C(CS(=O)(=O)c1ccc(F)cc1)NNc1nc2c(F)cccc2s1. The van der Waals surface area contributed by atoms with Crippen molar-refractivity contribution in [1.29, 1.82) is 0 Å². The monoisotopic (exact) mass is 383 g/mol. The average Bonchev–Trinajstić information content (AvgIpc) is 2.97. The van der Waals surface area contributed by atoms with Gasteiger partial charge in [0, 0.05) is 0 Å². The quantitative estimate of drug-likeness (QED) is 0.522. The first-order valence-corrected chi connectivity index (χ1v) is 9.40. The van der Waals surface area contributed by atoms with Crippen LogP contribution >= 0.6 is 11.3 Å². The zero-order chi connectivity index (χ0) is 18.0. The maximum atomic E-state index is 13.6. The second kappa shape index (κ2) is 6.73. The molecule has 0 bridgehead atoms. The van der Waals surface area contributed by atoms with Crippen molar-refractivity contribution >= 4 is 42.4 Å². The minimum Gasteiger partial charge on any atom is -0.273 e. The van der Waals surface area contributed by atoms with Crippen molar-refractivity contribution in [1.82, 2.24) is 10.4 Å². The molecule has 0 saturated carbocycles. The van der Waals surface area contributed by atoms with Gasteiger partial charge >= 0.3 is 0 Å². The zero-order valence-electron chi connectivity index (χ0n) is 12.5.